The molecule has 0 fully saturated rings. The van der Waals surface area contributed by atoms with Crippen molar-refractivity contribution < 1.29 is 0 Å². The molecular formula is C5H4N4. The van der Waals surface area contributed by atoms with Crippen LogP contribution < -0.4 is 0 Å². The van der Waals surface area contributed by atoms with Crippen molar-refractivity contribution in [3.05, 3.63) is 0 Å². The second-order valence-electron chi connectivity index (χ2n) is 1.83. The summed E-state index contributed by atoms with van der Waals surface area (Å²) < 4.78 is 0. The van der Waals surface area contributed by atoms with Gasteiger partial charge in [0.25, 0.3) is 0 Å². The molecule has 0 atom stereocenters. The Morgan fingerprint density at radius 2 is 2.22 bits per heavy atom. The first-order valence-corrected chi connectivity index (χ1v) is 2.61. The lowest BCUT2D eigenvalue weighted by molar-refractivity contribution is 1.25. The predicted molar refractivity (Wildman–Crippen MR) is 36.5 cm³/mol. The van der Waals surface area contributed by atoms with E-state index >= 15 is 0 Å². The molecule has 2 aliphatic heterocycles. The molecule has 0 amide bonds. The number of aliphatic imine (C=N–C) groups is 2. The zero-order chi connectivity index (χ0) is 6.27. The standard InChI is InChI=1S/C5H4N4/c1-3-4-5(9-8-3)7-2-6-4/h2H,1H3. The molecule has 0 bridgehead atoms. The monoisotopic (exact) mass is 120 g/mol. The zero-order valence-electron chi connectivity index (χ0n) is 4.87. The molecule has 2 rings (SSSR count). The predicted octanol–water partition coefficient (Wildman–Crippen LogP) is 0.257. The summed E-state index contributed by atoms with van der Waals surface area (Å²) in [5.74, 6) is 0.646. The summed E-state index contributed by atoms with van der Waals surface area (Å²) in [6.07, 6.45) is 1.49. The van der Waals surface area contributed by atoms with Crippen molar-refractivity contribution >= 4 is 23.6 Å². The Morgan fingerprint density at radius 3 is 3.00 bits per heavy atom. The molecule has 0 unspecified atom stereocenters. The van der Waals surface area contributed by atoms with Crippen LogP contribution in [-0.4, -0.2) is 23.6 Å². The van der Waals surface area contributed by atoms with Crippen LogP contribution >= 0.6 is 0 Å². The fourth-order valence-electron chi connectivity index (χ4n) is 0.758. The van der Waals surface area contributed by atoms with E-state index in [4.69, 9.17) is 0 Å². The first-order chi connectivity index (χ1) is 4.38. The fraction of sp³-hybridized carbons (Fsp3) is 0.200. The topological polar surface area (TPSA) is 49.4 Å². The summed E-state index contributed by atoms with van der Waals surface area (Å²) in [6.45, 7) is 1.87. The molecule has 9 heavy (non-hydrogen) atoms. The average molecular weight is 120 g/mol. The van der Waals surface area contributed by atoms with Gasteiger partial charge in [0.2, 0.25) is 5.84 Å². The molecule has 0 aromatic carbocycles. The van der Waals surface area contributed by atoms with E-state index in [9.17, 15) is 0 Å². The summed E-state index contributed by atoms with van der Waals surface area (Å²) in [4.78, 5) is 7.80. The fourth-order valence-corrected chi connectivity index (χ4v) is 0.758. The molecule has 4 heteroatoms. The smallest absolute Gasteiger partial charge is 0.203 e. The van der Waals surface area contributed by atoms with Gasteiger partial charge in [-0.15, -0.1) is 5.10 Å². The van der Waals surface area contributed by atoms with Gasteiger partial charge < -0.3 is 0 Å². The van der Waals surface area contributed by atoms with Crippen molar-refractivity contribution in [2.24, 2.45) is 20.2 Å². The van der Waals surface area contributed by atoms with Gasteiger partial charge in [0.05, 0.1) is 5.71 Å². The quantitative estimate of drug-likeness (QED) is 0.440. The van der Waals surface area contributed by atoms with Gasteiger partial charge in [-0.3, -0.25) is 0 Å². The summed E-state index contributed by atoms with van der Waals surface area (Å²) in [5.41, 5.74) is 1.66. The Hall–Kier alpha value is -1.32. The lowest BCUT2D eigenvalue weighted by Gasteiger charge is -1.84. The lowest BCUT2D eigenvalue weighted by atomic mass is 10.2. The van der Waals surface area contributed by atoms with E-state index in [1.807, 2.05) is 6.92 Å². The van der Waals surface area contributed by atoms with E-state index in [2.05, 4.69) is 20.2 Å². The van der Waals surface area contributed by atoms with Crippen LogP contribution in [0.1, 0.15) is 6.92 Å². The van der Waals surface area contributed by atoms with Gasteiger partial charge in [-0.1, -0.05) is 0 Å². The average Bonchev–Trinajstić information content (AvgIpc) is 2.35. The molecule has 0 spiro atoms. The van der Waals surface area contributed by atoms with E-state index in [1.54, 1.807) is 0 Å². The van der Waals surface area contributed by atoms with Crippen LogP contribution in [0.25, 0.3) is 0 Å². The molecule has 0 aromatic rings. The van der Waals surface area contributed by atoms with Gasteiger partial charge >= 0.3 is 0 Å². The number of amidine groups is 1. The zero-order valence-corrected chi connectivity index (χ0v) is 4.87. The Balaban J connectivity index is 2.53. The maximum atomic E-state index is 3.94. The van der Waals surface area contributed by atoms with Crippen molar-refractivity contribution in [1.29, 1.82) is 0 Å². The number of rotatable bonds is 0. The maximum Gasteiger partial charge on any atom is 0.203 e. The minimum Gasteiger partial charge on any atom is -0.231 e. The van der Waals surface area contributed by atoms with Crippen molar-refractivity contribution in [2.45, 2.75) is 6.92 Å². The molecule has 0 aliphatic carbocycles. The Bertz CT molecular complexity index is 269. The molecule has 0 radical (unpaired) electrons. The van der Waals surface area contributed by atoms with Crippen LogP contribution in [0, 0.1) is 0 Å². The molecule has 0 saturated carbocycles. The molecule has 2 aliphatic rings. The minimum atomic E-state index is 0.646. The van der Waals surface area contributed by atoms with Gasteiger partial charge in [-0.2, -0.15) is 5.10 Å². The van der Waals surface area contributed by atoms with Crippen molar-refractivity contribution in [1.82, 2.24) is 0 Å². The Morgan fingerprint density at radius 1 is 1.33 bits per heavy atom. The summed E-state index contributed by atoms with van der Waals surface area (Å²) in [5, 5.41) is 7.54. The Kier molecular flexibility index (Phi) is 0.677. The van der Waals surface area contributed by atoms with Crippen LogP contribution in [0.4, 0.5) is 0 Å². The second kappa shape index (κ2) is 1.34. The number of nitrogens with zero attached hydrogens (tertiary/aromatic N) is 4. The van der Waals surface area contributed by atoms with Gasteiger partial charge in [-0.25, -0.2) is 9.98 Å². The van der Waals surface area contributed by atoms with E-state index in [0.717, 1.165) is 11.4 Å². The number of fused-ring (bicyclic) bond motifs is 1. The highest BCUT2D eigenvalue weighted by Crippen LogP contribution is 2.04. The van der Waals surface area contributed by atoms with Gasteiger partial charge in [0.15, 0.2) is 0 Å². The second-order valence-corrected chi connectivity index (χ2v) is 1.83. The minimum absolute atomic E-state index is 0.646. The maximum absolute atomic E-state index is 3.94. The third-order valence-corrected chi connectivity index (χ3v) is 1.22. The molecule has 0 saturated heterocycles. The van der Waals surface area contributed by atoms with E-state index in [0.29, 0.717) is 5.84 Å². The molecule has 0 aromatic heterocycles. The summed E-state index contributed by atoms with van der Waals surface area (Å²) >= 11 is 0. The third-order valence-electron chi connectivity index (χ3n) is 1.22. The van der Waals surface area contributed by atoms with Crippen molar-refractivity contribution in [3.63, 3.8) is 0 Å². The first kappa shape index (κ1) is 4.55. The van der Waals surface area contributed by atoms with E-state index in [1.165, 1.54) is 6.34 Å². The highest BCUT2D eigenvalue weighted by molar-refractivity contribution is 6.71. The van der Waals surface area contributed by atoms with Crippen molar-refractivity contribution in [3.8, 4) is 0 Å². The third kappa shape index (κ3) is 0.468. The largest absolute Gasteiger partial charge is 0.231 e. The molecule has 44 valence electrons. The van der Waals surface area contributed by atoms with Crippen molar-refractivity contribution in [2.75, 3.05) is 0 Å². The van der Waals surface area contributed by atoms with Gasteiger partial charge in [-0.05, 0) is 6.92 Å². The first-order valence-electron chi connectivity index (χ1n) is 2.61. The number of hydrogen-bond donors (Lipinski definition) is 0. The van der Waals surface area contributed by atoms with Crippen LogP contribution in [0.5, 0.6) is 0 Å². The molecular weight excluding hydrogens is 116 g/mol. The van der Waals surface area contributed by atoms with Crippen LogP contribution in [0.3, 0.4) is 0 Å². The number of hydrogen-bond acceptors (Lipinski definition) is 4. The van der Waals surface area contributed by atoms with Crippen LogP contribution in [0.2, 0.25) is 0 Å². The van der Waals surface area contributed by atoms with E-state index in [-0.39, 0.29) is 0 Å². The van der Waals surface area contributed by atoms with Crippen LogP contribution in [0.15, 0.2) is 20.2 Å². The SMILES string of the molecule is CC1=NN=C2N=CN=C12. The highest BCUT2D eigenvalue weighted by Gasteiger charge is 2.19. The lowest BCUT2D eigenvalue weighted by Crippen LogP contribution is -2.11. The van der Waals surface area contributed by atoms with Gasteiger partial charge in [0, 0.05) is 0 Å². The molecule has 4 nitrogen and oxygen atoms in total. The summed E-state index contributed by atoms with van der Waals surface area (Å²) in [7, 11) is 0. The normalized spacial score (nSPS) is 21.2. The van der Waals surface area contributed by atoms with Crippen LogP contribution in [-0.2, 0) is 0 Å². The molecule has 2 heterocycles. The van der Waals surface area contributed by atoms with Gasteiger partial charge in [0.1, 0.15) is 12.1 Å². The molecule has 0 N–H and O–H groups in total. The van der Waals surface area contributed by atoms with E-state index < -0.39 is 0 Å². The highest BCUT2D eigenvalue weighted by atomic mass is 15.3. The summed E-state index contributed by atoms with van der Waals surface area (Å²) in [6, 6.07) is 0. The Labute approximate surface area is 51.7 Å².